The van der Waals surface area contributed by atoms with E-state index in [4.69, 9.17) is 0 Å². The van der Waals surface area contributed by atoms with Crippen LogP contribution in [0.1, 0.15) is 58.8 Å². The lowest BCUT2D eigenvalue weighted by molar-refractivity contribution is -0.154. The number of nitrogens with one attached hydrogen (secondary N) is 1. The molecule has 4 nitrogen and oxygen atoms in total. The van der Waals surface area contributed by atoms with Gasteiger partial charge in [0.1, 0.15) is 11.6 Å². The highest BCUT2D eigenvalue weighted by Gasteiger charge is 2.54. The fourth-order valence-electron chi connectivity index (χ4n) is 3.66. The standard InChI is InChI=1S/C17H26N2O2/c1-12-15(20)18-17(2,14-8-9-14)16(21)19(12)11-10-13-6-4-3-5-7-13/h6,12,14H,3-5,7-11H2,1-2H3,(H,18,20). The van der Waals surface area contributed by atoms with Crippen molar-refractivity contribution in [2.24, 2.45) is 5.92 Å². The van der Waals surface area contributed by atoms with Crippen LogP contribution in [-0.4, -0.2) is 34.8 Å². The summed E-state index contributed by atoms with van der Waals surface area (Å²) in [5, 5.41) is 2.98. The molecule has 1 saturated carbocycles. The normalized spacial score (nSPS) is 33.7. The molecule has 2 amide bonds. The van der Waals surface area contributed by atoms with Gasteiger partial charge in [0, 0.05) is 6.54 Å². The number of hydrogen-bond donors (Lipinski definition) is 1. The lowest BCUT2D eigenvalue weighted by Gasteiger charge is -2.43. The molecule has 2 fully saturated rings. The first-order valence-corrected chi connectivity index (χ1v) is 8.33. The van der Waals surface area contributed by atoms with Crippen molar-refractivity contribution in [1.29, 1.82) is 0 Å². The lowest BCUT2D eigenvalue weighted by atomic mass is 9.89. The Morgan fingerprint density at radius 3 is 2.71 bits per heavy atom. The third-order valence-corrected chi connectivity index (χ3v) is 5.39. The number of carbonyl (C=O) groups excluding carboxylic acids is 2. The van der Waals surface area contributed by atoms with Gasteiger partial charge >= 0.3 is 0 Å². The summed E-state index contributed by atoms with van der Waals surface area (Å²) in [6, 6.07) is -0.339. The fraction of sp³-hybridized carbons (Fsp3) is 0.765. The number of rotatable bonds is 4. The van der Waals surface area contributed by atoms with Crippen LogP contribution in [0.4, 0.5) is 0 Å². The number of piperazine rings is 1. The number of carbonyl (C=O) groups is 2. The predicted octanol–water partition coefficient (Wildman–Crippen LogP) is 2.39. The topological polar surface area (TPSA) is 49.4 Å². The molecule has 0 aromatic rings. The highest BCUT2D eigenvalue weighted by atomic mass is 16.2. The Kier molecular flexibility index (Phi) is 3.80. The Hall–Kier alpha value is -1.32. The lowest BCUT2D eigenvalue weighted by Crippen LogP contribution is -2.69. The Morgan fingerprint density at radius 1 is 1.33 bits per heavy atom. The van der Waals surface area contributed by atoms with Gasteiger partial charge in [0.2, 0.25) is 11.8 Å². The third-order valence-electron chi connectivity index (χ3n) is 5.39. The Labute approximate surface area is 127 Å². The summed E-state index contributed by atoms with van der Waals surface area (Å²) in [7, 11) is 0. The van der Waals surface area contributed by atoms with E-state index in [1.165, 1.54) is 24.8 Å². The first-order chi connectivity index (χ1) is 10.0. The van der Waals surface area contributed by atoms with E-state index in [0.717, 1.165) is 25.7 Å². The molecule has 21 heavy (non-hydrogen) atoms. The summed E-state index contributed by atoms with van der Waals surface area (Å²) < 4.78 is 0. The molecule has 116 valence electrons. The molecule has 1 heterocycles. The Bertz CT molecular complexity index is 481. The van der Waals surface area contributed by atoms with Crippen LogP contribution >= 0.6 is 0 Å². The Morgan fingerprint density at radius 2 is 2.10 bits per heavy atom. The van der Waals surface area contributed by atoms with E-state index in [0.29, 0.717) is 12.5 Å². The van der Waals surface area contributed by atoms with Gasteiger partial charge < -0.3 is 10.2 Å². The number of nitrogens with zero attached hydrogens (tertiary/aromatic N) is 1. The van der Waals surface area contributed by atoms with Gasteiger partial charge in [-0.05, 0) is 64.7 Å². The van der Waals surface area contributed by atoms with E-state index >= 15 is 0 Å². The van der Waals surface area contributed by atoms with Gasteiger partial charge in [-0.1, -0.05) is 11.6 Å². The van der Waals surface area contributed by atoms with Gasteiger partial charge in [-0.25, -0.2) is 0 Å². The van der Waals surface area contributed by atoms with E-state index in [2.05, 4.69) is 11.4 Å². The smallest absolute Gasteiger partial charge is 0.249 e. The zero-order valence-electron chi connectivity index (χ0n) is 13.2. The van der Waals surface area contributed by atoms with Crippen molar-refractivity contribution in [3.8, 4) is 0 Å². The molecule has 2 atom stereocenters. The van der Waals surface area contributed by atoms with Crippen molar-refractivity contribution < 1.29 is 9.59 Å². The minimum Gasteiger partial charge on any atom is -0.340 e. The molecule has 0 aromatic heterocycles. The van der Waals surface area contributed by atoms with Gasteiger partial charge in [0.15, 0.2) is 0 Å². The van der Waals surface area contributed by atoms with E-state index in [9.17, 15) is 9.59 Å². The third kappa shape index (κ3) is 2.72. The first-order valence-electron chi connectivity index (χ1n) is 8.33. The monoisotopic (exact) mass is 290 g/mol. The summed E-state index contributed by atoms with van der Waals surface area (Å²) in [6.07, 6.45) is 10.2. The molecule has 2 unspecified atom stereocenters. The van der Waals surface area contributed by atoms with Crippen LogP contribution in [0.2, 0.25) is 0 Å². The van der Waals surface area contributed by atoms with Crippen LogP contribution in [0, 0.1) is 5.92 Å². The molecule has 1 aliphatic heterocycles. The molecule has 1 saturated heterocycles. The van der Waals surface area contributed by atoms with E-state index in [-0.39, 0.29) is 17.9 Å². The van der Waals surface area contributed by atoms with Crippen molar-refractivity contribution in [2.75, 3.05) is 6.54 Å². The molecular weight excluding hydrogens is 264 g/mol. The van der Waals surface area contributed by atoms with Crippen LogP contribution in [0.3, 0.4) is 0 Å². The van der Waals surface area contributed by atoms with Crippen molar-refractivity contribution in [2.45, 2.75) is 70.4 Å². The van der Waals surface area contributed by atoms with Crippen molar-refractivity contribution in [1.82, 2.24) is 10.2 Å². The van der Waals surface area contributed by atoms with Crippen molar-refractivity contribution >= 4 is 11.8 Å². The molecule has 0 aromatic carbocycles. The van der Waals surface area contributed by atoms with Gasteiger partial charge in [0.05, 0.1) is 0 Å². The van der Waals surface area contributed by atoms with Crippen LogP contribution < -0.4 is 5.32 Å². The predicted molar refractivity (Wildman–Crippen MR) is 81.6 cm³/mol. The molecule has 2 aliphatic carbocycles. The van der Waals surface area contributed by atoms with E-state index in [1.807, 2.05) is 18.7 Å². The van der Waals surface area contributed by atoms with Crippen molar-refractivity contribution in [3.63, 3.8) is 0 Å². The number of amides is 2. The van der Waals surface area contributed by atoms with Gasteiger partial charge in [0.25, 0.3) is 0 Å². The minimum absolute atomic E-state index is 0.00150. The molecule has 4 heteroatoms. The van der Waals surface area contributed by atoms with Gasteiger partial charge in [-0.15, -0.1) is 0 Å². The molecular formula is C17H26N2O2. The quantitative estimate of drug-likeness (QED) is 0.808. The largest absolute Gasteiger partial charge is 0.340 e. The molecule has 0 radical (unpaired) electrons. The highest BCUT2D eigenvalue weighted by molar-refractivity contribution is 5.99. The summed E-state index contributed by atoms with van der Waals surface area (Å²) in [5.74, 6) is 0.452. The maximum atomic E-state index is 12.8. The van der Waals surface area contributed by atoms with Crippen molar-refractivity contribution in [3.05, 3.63) is 11.6 Å². The number of allylic oxidation sites excluding steroid dienone is 1. The maximum absolute atomic E-state index is 12.8. The first kappa shape index (κ1) is 14.6. The number of hydrogen-bond acceptors (Lipinski definition) is 2. The summed E-state index contributed by atoms with van der Waals surface area (Å²) in [4.78, 5) is 26.9. The zero-order valence-corrected chi connectivity index (χ0v) is 13.2. The molecule has 1 N–H and O–H groups in total. The average molecular weight is 290 g/mol. The molecule has 3 aliphatic rings. The zero-order chi connectivity index (χ0) is 15.0. The summed E-state index contributed by atoms with van der Waals surface area (Å²) in [6.45, 7) is 4.43. The van der Waals surface area contributed by atoms with Crippen LogP contribution in [0.5, 0.6) is 0 Å². The molecule has 3 rings (SSSR count). The second-order valence-electron chi connectivity index (χ2n) is 7.00. The van der Waals surface area contributed by atoms with Crippen LogP contribution in [0.15, 0.2) is 11.6 Å². The average Bonchev–Trinajstić information content (AvgIpc) is 3.31. The van der Waals surface area contributed by atoms with Gasteiger partial charge in [-0.2, -0.15) is 0 Å². The maximum Gasteiger partial charge on any atom is 0.249 e. The summed E-state index contributed by atoms with van der Waals surface area (Å²) >= 11 is 0. The highest BCUT2D eigenvalue weighted by Crippen LogP contribution is 2.42. The molecule has 0 bridgehead atoms. The minimum atomic E-state index is -0.662. The Balaban J connectivity index is 1.70. The second kappa shape index (κ2) is 5.47. The van der Waals surface area contributed by atoms with Crippen LogP contribution in [-0.2, 0) is 9.59 Å². The van der Waals surface area contributed by atoms with E-state index in [1.54, 1.807) is 0 Å². The van der Waals surface area contributed by atoms with E-state index < -0.39 is 5.54 Å². The van der Waals surface area contributed by atoms with Crippen LogP contribution in [0.25, 0.3) is 0 Å². The second-order valence-corrected chi connectivity index (χ2v) is 7.00. The summed E-state index contributed by atoms with van der Waals surface area (Å²) in [5.41, 5.74) is 0.796. The molecule has 0 spiro atoms. The van der Waals surface area contributed by atoms with Gasteiger partial charge in [-0.3, -0.25) is 9.59 Å². The SMILES string of the molecule is CC1C(=O)NC(C)(C2CC2)C(=O)N1CCC1=CCCCC1. The fourth-order valence-corrected chi connectivity index (χ4v) is 3.66.